The molecule has 0 bridgehead atoms. The van der Waals surface area contributed by atoms with Crippen molar-refractivity contribution in [2.24, 2.45) is 4.99 Å². The fourth-order valence-corrected chi connectivity index (χ4v) is 3.88. The molecule has 0 aliphatic heterocycles. The number of hydrogen-bond acceptors (Lipinski definition) is 3. The molecule has 1 heterocycles. The molecule has 0 radical (unpaired) electrons. The highest BCUT2D eigenvalue weighted by Crippen LogP contribution is 2.43. The second-order valence-corrected chi connectivity index (χ2v) is 7.50. The molecule has 29 heavy (non-hydrogen) atoms. The van der Waals surface area contributed by atoms with E-state index in [0.29, 0.717) is 6.54 Å². The summed E-state index contributed by atoms with van der Waals surface area (Å²) in [6, 6.07) is 20.9. The first-order valence-electron chi connectivity index (χ1n) is 10.3. The Kier molecular flexibility index (Phi) is 5.89. The normalized spacial score (nSPS) is 15.6. The summed E-state index contributed by atoms with van der Waals surface area (Å²) >= 11 is 0. The Morgan fingerprint density at radius 2 is 1.76 bits per heavy atom. The maximum atomic E-state index is 4.77. The number of rotatable bonds is 7. The Hall–Kier alpha value is -3.15. The van der Waals surface area contributed by atoms with Crippen LogP contribution in [0.1, 0.15) is 37.6 Å². The smallest absolute Gasteiger partial charge is 0.191 e. The molecule has 6 heteroatoms. The summed E-state index contributed by atoms with van der Waals surface area (Å²) in [6.07, 6.45) is 5.45. The molecule has 1 fully saturated rings. The van der Waals surface area contributed by atoms with E-state index in [4.69, 9.17) is 4.99 Å². The molecule has 1 aliphatic carbocycles. The van der Waals surface area contributed by atoms with Gasteiger partial charge in [0.15, 0.2) is 11.8 Å². The number of hydrogen-bond donors (Lipinski definition) is 2. The van der Waals surface area contributed by atoms with Crippen molar-refractivity contribution in [3.63, 3.8) is 0 Å². The van der Waals surface area contributed by atoms with Crippen LogP contribution in [0.2, 0.25) is 0 Å². The van der Waals surface area contributed by atoms with E-state index in [1.54, 1.807) is 6.33 Å². The van der Waals surface area contributed by atoms with Crippen molar-refractivity contribution < 1.29 is 0 Å². The quantitative estimate of drug-likeness (QED) is 0.481. The fourth-order valence-electron chi connectivity index (χ4n) is 3.88. The zero-order chi connectivity index (χ0) is 19.9. The van der Waals surface area contributed by atoms with Gasteiger partial charge in [-0.2, -0.15) is 0 Å². The van der Waals surface area contributed by atoms with Gasteiger partial charge in [-0.3, -0.25) is 4.57 Å². The lowest BCUT2D eigenvalue weighted by atomic mass is 9.64. The van der Waals surface area contributed by atoms with Crippen molar-refractivity contribution >= 4 is 5.96 Å². The predicted octanol–water partition coefficient (Wildman–Crippen LogP) is 3.44. The summed E-state index contributed by atoms with van der Waals surface area (Å²) in [4.78, 5) is 4.77. The van der Waals surface area contributed by atoms with Gasteiger partial charge in [-0.25, -0.2) is 4.99 Å². The molecule has 1 aliphatic rings. The predicted molar refractivity (Wildman–Crippen MR) is 116 cm³/mol. The topological polar surface area (TPSA) is 67.1 Å². The van der Waals surface area contributed by atoms with Crippen molar-refractivity contribution in [1.29, 1.82) is 0 Å². The van der Waals surface area contributed by atoms with Crippen LogP contribution in [0.3, 0.4) is 0 Å². The Labute approximate surface area is 172 Å². The van der Waals surface area contributed by atoms with E-state index in [1.807, 2.05) is 34.9 Å². The SMILES string of the molecule is CCNC(=NCc1nncn1-c1ccccc1)NCC1(c2ccccc2)CCC1. The largest absolute Gasteiger partial charge is 0.357 e. The zero-order valence-corrected chi connectivity index (χ0v) is 16.9. The molecule has 0 unspecified atom stereocenters. The summed E-state index contributed by atoms with van der Waals surface area (Å²) in [6.45, 7) is 4.24. The zero-order valence-electron chi connectivity index (χ0n) is 16.9. The van der Waals surface area contributed by atoms with Gasteiger partial charge < -0.3 is 10.6 Å². The van der Waals surface area contributed by atoms with Gasteiger partial charge in [-0.05, 0) is 37.5 Å². The summed E-state index contributed by atoms with van der Waals surface area (Å²) in [5, 5.41) is 15.3. The first-order chi connectivity index (χ1) is 14.3. The molecule has 3 aromatic rings. The third kappa shape index (κ3) is 4.31. The molecule has 150 valence electrons. The van der Waals surface area contributed by atoms with Crippen LogP contribution in [0.25, 0.3) is 5.69 Å². The van der Waals surface area contributed by atoms with Crippen LogP contribution < -0.4 is 10.6 Å². The first kappa shape index (κ1) is 19.2. The summed E-state index contributed by atoms with van der Waals surface area (Å²) in [7, 11) is 0. The Balaban J connectivity index is 1.46. The molecule has 0 saturated heterocycles. The maximum absolute atomic E-state index is 4.77. The third-order valence-corrected chi connectivity index (χ3v) is 5.67. The first-order valence-corrected chi connectivity index (χ1v) is 10.3. The van der Waals surface area contributed by atoms with Crippen LogP contribution in [0.4, 0.5) is 0 Å². The number of nitrogens with zero attached hydrogens (tertiary/aromatic N) is 4. The minimum absolute atomic E-state index is 0.210. The highest BCUT2D eigenvalue weighted by Gasteiger charge is 2.38. The van der Waals surface area contributed by atoms with E-state index in [9.17, 15) is 0 Å². The number of para-hydroxylation sites is 1. The van der Waals surface area contributed by atoms with Crippen molar-refractivity contribution in [2.75, 3.05) is 13.1 Å². The van der Waals surface area contributed by atoms with E-state index in [0.717, 1.165) is 30.6 Å². The van der Waals surface area contributed by atoms with Gasteiger partial charge in [0.1, 0.15) is 12.9 Å². The molecule has 2 aromatic carbocycles. The van der Waals surface area contributed by atoms with Crippen LogP contribution >= 0.6 is 0 Å². The van der Waals surface area contributed by atoms with Crippen LogP contribution in [-0.2, 0) is 12.0 Å². The number of nitrogens with one attached hydrogen (secondary N) is 2. The van der Waals surface area contributed by atoms with Gasteiger partial charge in [-0.15, -0.1) is 10.2 Å². The van der Waals surface area contributed by atoms with Gasteiger partial charge in [0.2, 0.25) is 0 Å². The number of aromatic nitrogens is 3. The number of guanidine groups is 1. The van der Waals surface area contributed by atoms with E-state index < -0.39 is 0 Å². The molecule has 4 rings (SSSR count). The maximum Gasteiger partial charge on any atom is 0.191 e. The Bertz CT molecular complexity index is 928. The molecule has 0 spiro atoms. The number of aliphatic imine (C=N–C) groups is 1. The van der Waals surface area contributed by atoms with Crippen LogP contribution in [0.15, 0.2) is 72.0 Å². The standard InChI is InChI=1S/C23H28N6/c1-2-24-22(26-17-23(14-9-15-23)19-10-5-3-6-11-19)25-16-21-28-27-18-29(21)20-12-7-4-8-13-20/h3-8,10-13,18H,2,9,14-17H2,1H3,(H2,24,25,26). The fraction of sp³-hybridized carbons (Fsp3) is 0.348. The lowest BCUT2D eigenvalue weighted by molar-refractivity contribution is 0.244. The molecule has 2 N–H and O–H groups in total. The lowest BCUT2D eigenvalue weighted by Crippen LogP contribution is -2.48. The van der Waals surface area contributed by atoms with Crippen LogP contribution in [0.5, 0.6) is 0 Å². The molecule has 0 amide bonds. The van der Waals surface area contributed by atoms with E-state index in [-0.39, 0.29) is 5.41 Å². The number of benzene rings is 2. The average molecular weight is 389 g/mol. The molecule has 1 saturated carbocycles. The summed E-state index contributed by atoms with van der Waals surface area (Å²) in [5.41, 5.74) is 2.66. The minimum atomic E-state index is 0.210. The van der Waals surface area contributed by atoms with Crippen molar-refractivity contribution in [3.05, 3.63) is 78.4 Å². The summed E-state index contributed by atoms with van der Waals surface area (Å²) < 4.78 is 1.98. The van der Waals surface area contributed by atoms with Crippen molar-refractivity contribution in [2.45, 2.75) is 38.1 Å². The third-order valence-electron chi connectivity index (χ3n) is 5.67. The Morgan fingerprint density at radius 1 is 1.03 bits per heavy atom. The second kappa shape index (κ2) is 8.90. The van der Waals surface area contributed by atoms with Gasteiger partial charge in [-0.1, -0.05) is 55.0 Å². The van der Waals surface area contributed by atoms with Crippen molar-refractivity contribution in [1.82, 2.24) is 25.4 Å². The molecule has 6 nitrogen and oxygen atoms in total. The lowest BCUT2D eigenvalue weighted by Gasteiger charge is -2.43. The molecule has 1 aromatic heterocycles. The minimum Gasteiger partial charge on any atom is -0.357 e. The van der Waals surface area contributed by atoms with Crippen molar-refractivity contribution in [3.8, 4) is 5.69 Å². The van der Waals surface area contributed by atoms with Gasteiger partial charge in [0.25, 0.3) is 0 Å². The van der Waals surface area contributed by atoms with Gasteiger partial charge in [0, 0.05) is 24.2 Å². The highest BCUT2D eigenvalue weighted by atomic mass is 15.3. The van der Waals surface area contributed by atoms with Gasteiger partial charge >= 0.3 is 0 Å². The average Bonchev–Trinajstić information content (AvgIpc) is 3.21. The Morgan fingerprint density at radius 3 is 2.41 bits per heavy atom. The van der Waals surface area contributed by atoms with Gasteiger partial charge in [0.05, 0.1) is 0 Å². The van der Waals surface area contributed by atoms with E-state index in [1.165, 1.54) is 24.8 Å². The second-order valence-electron chi connectivity index (χ2n) is 7.50. The van der Waals surface area contributed by atoms with Crippen LogP contribution in [-0.4, -0.2) is 33.8 Å². The van der Waals surface area contributed by atoms with E-state index in [2.05, 4.69) is 58.1 Å². The monoisotopic (exact) mass is 388 g/mol. The molecule has 0 atom stereocenters. The molecular weight excluding hydrogens is 360 g/mol. The van der Waals surface area contributed by atoms with E-state index >= 15 is 0 Å². The van der Waals surface area contributed by atoms with Crippen LogP contribution in [0, 0.1) is 0 Å². The highest BCUT2D eigenvalue weighted by molar-refractivity contribution is 5.79. The molecular formula is C23H28N6. The summed E-state index contributed by atoms with van der Waals surface area (Å²) in [5.74, 6) is 1.63.